The van der Waals surface area contributed by atoms with Gasteiger partial charge in [-0.05, 0) is 44.6 Å². The Morgan fingerprint density at radius 2 is 1.84 bits per heavy atom. The quantitative estimate of drug-likeness (QED) is 0.236. The van der Waals surface area contributed by atoms with Gasteiger partial charge in [-0.25, -0.2) is 0 Å². The molecule has 0 aromatic heterocycles. The summed E-state index contributed by atoms with van der Waals surface area (Å²) >= 11 is 0. The fourth-order valence-electron chi connectivity index (χ4n) is 6.80. The van der Waals surface area contributed by atoms with Crippen molar-refractivity contribution in [2.45, 2.75) is 63.8 Å². The molecule has 1 aromatic carbocycles. The van der Waals surface area contributed by atoms with Crippen LogP contribution in [-0.4, -0.2) is 87.2 Å². The number of ketones is 2. The first-order chi connectivity index (χ1) is 16.9. The van der Waals surface area contributed by atoms with Crippen LogP contribution in [0.2, 0.25) is 0 Å². The first-order valence-electron chi connectivity index (χ1n) is 12.3. The second kappa shape index (κ2) is 10.2. The summed E-state index contributed by atoms with van der Waals surface area (Å²) in [6, 6.07) is 2.40. The lowest BCUT2D eigenvalue weighted by molar-refractivity contribution is -0.187. The van der Waals surface area contributed by atoms with E-state index in [0.29, 0.717) is 18.5 Å². The molecule has 4 unspecified atom stereocenters. The summed E-state index contributed by atoms with van der Waals surface area (Å²) in [7, 11) is 3.15. The number of amides is 1. The minimum atomic E-state index is -2.36. The number of phenolic OH excluding ortho intramolecular Hbond substituents is 1. The number of carbonyl (C=O) groups excluding carboxylic acids is 3. The van der Waals surface area contributed by atoms with Crippen molar-refractivity contribution < 1.29 is 34.8 Å². The molecule has 204 valence electrons. The topological polar surface area (TPSA) is 173 Å². The van der Waals surface area contributed by atoms with Crippen molar-refractivity contribution in [2.24, 2.45) is 23.5 Å². The van der Waals surface area contributed by atoms with Gasteiger partial charge in [0.15, 0.2) is 11.6 Å². The van der Waals surface area contributed by atoms with E-state index in [0.717, 1.165) is 6.42 Å². The average molecular weight is 518 g/mol. The first-order valence-corrected chi connectivity index (χ1v) is 12.3. The van der Waals surface area contributed by atoms with Crippen LogP contribution in [0.3, 0.4) is 0 Å². The van der Waals surface area contributed by atoms with E-state index in [9.17, 15) is 34.8 Å². The van der Waals surface area contributed by atoms with Crippen molar-refractivity contribution >= 4 is 17.5 Å². The predicted molar refractivity (Wildman–Crippen MR) is 137 cm³/mol. The third-order valence-corrected chi connectivity index (χ3v) is 8.38. The van der Waals surface area contributed by atoms with E-state index in [4.69, 9.17) is 5.73 Å². The zero-order valence-electron chi connectivity index (χ0n) is 20.9. The van der Waals surface area contributed by atoms with Gasteiger partial charge in [0.2, 0.25) is 0 Å². The number of phenols is 1. The number of fused-ring (bicyclic) bond motifs is 3. The summed E-state index contributed by atoms with van der Waals surface area (Å²) in [5.41, 5.74) is 3.05. The molecule has 1 saturated carbocycles. The number of benzene rings is 1. The smallest absolute Gasteiger partial charge is 0.255 e. The molecule has 8 atom stereocenters. The first kappa shape index (κ1) is 28.8. The van der Waals surface area contributed by atoms with Gasteiger partial charge in [-0.1, -0.05) is 39.8 Å². The van der Waals surface area contributed by atoms with E-state index in [2.05, 4.69) is 5.32 Å². The second-order valence-electron chi connectivity index (χ2n) is 10.5. The fourth-order valence-corrected chi connectivity index (χ4v) is 6.80. The minimum Gasteiger partial charge on any atom is -0.508 e. The van der Waals surface area contributed by atoms with Gasteiger partial charge in [-0.2, -0.15) is 0 Å². The van der Waals surface area contributed by atoms with Gasteiger partial charge in [0.25, 0.3) is 5.91 Å². The van der Waals surface area contributed by atoms with E-state index in [1.54, 1.807) is 26.2 Å². The van der Waals surface area contributed by atoms with Crippen LogP contribution < -0.4 is 11.1 Å². The van der Waals surface area contributed by atoms with Crippen LogP contribution in [0.15, 0.2) is 29.5 Å². The van der Waals surface area contributed by atoms with Crippen molar-refractivity contribution in [3.05, 3.63) is 40.7 Å². The van der Waals surface area contributed by atoms with E-state index in [1.165, 1.54) is 11.0 Å². The Labute approximate surface area is 217 Å². The van der Waals surface area contributed by atoms with E-state index < -0.39 is 76.3 Å². The van der Waals surface area contributed by atoms with Gasteiger partial charge >= 0.3 is 0 Å². The number of hydrogen-bond donors (Lipinski definition) is 6. The van der Waals surface area contributed by atoms with Gasteiger partial charge in [-0.3, -0.25) is 19.3 Å². The van der Waals surface area contributed by atoms with Crippen molar-refractivity contribution in [3.63, 3.8) is 0 Å². The molecule has 0 radical (unpaired) electrons. The fraction of sp³-hybridized carbons (Fsp3) is 0.593. The Balaban J connectivity index is 0.00000380. The van der Waals surface area contributed by atoms with Crippen LogP contribution in [0.25, 0.3) is 0 Å². The Hall–Kier alpha value is -2.79. The highest BCUT2D eigenvalue weighted by molar-refractivity contribution is 6.22. The molecule has 3 aliphatic carbocycles. The molecule has 37 heavy (non-hydrogen) atoms. The Morgan fingerprint density at radius 3 is 2.41 bits per heavy atom. The molecule has 0 spiro atoms. The standard InChI is InChI=1S/C26H35N3O7.CH4/c1-5-6-10-28-23-16-14(11(2)12-8-7-9-13(30)15(12)20(16)31)21(32)18-19(29(3)4)22(33)17(25(27)35)24(34)26(18,23)36;/h7-9,11,14,16,18-19,21,23,28,30,32,34,36H,5-6,10H2,1-4H3,(H2,27,35);1H4/t11-,14?,16?,18?,19-,21-,23?,26-;/m0./s1. The molecule has 3 aliphatic rings. The largest absolute Gasteiger partial charge is 0.508 e. The van der Waals surface area contributed by atoms with Crippen LogP contribution >= 0.6 is 0 Å². The molecule has 1 aromatic rings. The van der Waals surface area contributed by atoms with Crippen LogP contribution in [0.1, 0.15) is 56.0 Å². The van der Waals surface area contributed by atoms with Crippen molar-refractivity contribution in [2.75, 3.05) is 20.6 Å². The SMILES string of the molecule is C.CCCCNC1C2C(=O)c3c(O)cccc3[C@H](C)C2[C@H](O)C2[C@H](N(C)C)C(=O)C(C(N)=O)=C(O)[C@@]12O. The van der Waals surface area contributed by atoms with Gasteiger partial charge in [0.1, 0.15) is 22.7 Å². The number of rotatable bonds is 6. The predicted octanol–water partition coefficient (Wildman–Crippen LogP) is 0.851. The Kier molecular flexibility index (Phi) is 7.91. The highest BCUT2D eigenvalue weighted by Crippen LogP contribution is 2.56. The molecule has 10 heteroatoms. The third-order valence-electron chi connectivity index (χ3n) is 8.38. The van der Waals surface area contributed by atoms with Crippen molar-refractivity contribution in [1.82, 2.24) is 10.2 Å². The molecule has 4 rings (SSSR count). The summed E-state index contributed by atoms with van der Waals surface area (Å²) < 4.78 is 0. The number of aliphatic hydroxyl groups is 3. The Bertz CT molecular complexity index is 1130. The lowest BCUT2D eigenvalue weighted by Gasteiger charge is -2.60. The average Bonchev–Trinajstić information content (AvgIpc) is 2.80. The van der Waals surface area contributed by atoms with E-state index in [-0.39, 0.29) is 18.7 Å². The van der Waals surface area contributed by atoms with Gasteiger partial charge in [0.05, 0.1) is 23.8 Å². The Morgan fingerprint density at radius 1 is 1.19 bits per heavy atom. The van der Waals surface area contributed by atoms with Crippen LogP contribution in [0.4, 0.5) is 0 Å². The maximum atomic E-state index is 13.9. The van der Waals surface area contributed by atoms with Gasteiger partial charge in [0, 0.05) is 17.8 Å². The number of primary amides is 1. The summed E-state index contributed by atoms with van der Waals surface area (Å²) in [6.45, 7) is 4.17. The summed E-state index contributed by atoms with van der Waals surface area (Å²) in [4.78, 5) is 41.1. The minimum absolute atomic E-state index is 0. The number of aromatic hydroxyl groups is 1. The summed E-state index contributed by atoms with van der Waals surface area (Å²) in [6.07, 6.45) is 0.0809. The number of aliphatic hydroxyl groups excluding tert-OH is 2. The normalized spacial score (nSPS) is 34.9. The third kappa shape index (κ3) is 3.98. The van der Waals surface area contributed by atoms with Gasteiger partial charge in [-0.15, -0.1) is 0 Å². The number of carbonyl (C=O) groups is 3. The van der Waals surface area contributed by atoms with Gasteiger partial charge < -0.3 is 31.5 Å². The number of hydrogen-bond acceptors (Lipinski definition) is 9. The lowest BCUT2D eigenvalue weighted by atomic mass is 9.49. The number of likely N-dealkylation sites (N-methyl/N-ethyl adjacent to an activating group) is 1. The molecule has 0 heterocycles. The maximum absolute atomic E-state index is 13.9. The molecule has 0 saturated heterocycles. The molecule has 1 amide bonds. The molecule has 0 aliphatic heterocycles. The number of Topliss-reactive ketones (excluding diaryl/α,β-unsaturated/α-hetero) is 2. The molecule has 7 N–H and O–H groups in total. The number of nitrogens with zero attached hydrogens (tertiary/aromatic N) is 1. The van der Waals surface area contributed by atoms with Crippen LogP contribution in [-0.2, 0) is 9.59 Å². The van der Waals surface area contributed by atoms with Crippen LogP contribution in [0.5, 0.6) is 5.75 Å². The van der Waals surface area contributed by atoms with Crippen molar-refractivity contribution in [3.8, 4) is 5.75 Å². The number of nitrogens with one attached hydrogen (secondary N) is 1. The maximum Gasteiger partial charge on any atom is 0.255 e. The summed E-state index contributed by atoms with van der Waals surface area (Å²) in [5.74, 6) is -7.12. The zero-order chi connectivity index (χ0) is 26.7. The zero-order valence-corrected chi connectivity index (χ0v) is 20.9. The monoisotopic (exact) mass is 517 g/mol. The molecule has 10 nitrogen and oxygen atoms in total. The highest BCUT2D eigenvalue weighted by Gasteiger charge is 2.70. The highest BCUT2D eigenvalue weighted by atomic mass is 16.3. The van der Waals surface area contributed by atoms with E-state index >= 15 is 0 Å². The molecule has 0 bridgehead atoms. The second-order valence-corrected chi connectivity index (χ2v) is 10.5. The molecule has 1 fully saturated rings. The molecular weight excluding hydrogens is 478 g/mol. The summed E-state index contributed by atoms with van der Waals surface area (Å²) in [5, 5.41) is 49.1. The number of nitrogens with two attached hydrogens (primary N) is 1. The lowest BCUT2D eigenvalue weighted by Crippen LogP contribution is -2.77. The number of unbranched alkanes of at least 4 members (excludes halogenated alkanes) is 1. The van der Waals surface area contributed by atoms with Crippen molar-refractivity contribution in [1.29, 1.82) is 0 Å². The van der Waals surface area contributed by atoms with E-state index in [1.807, 2.05) is 13.8 Å². The van der Waals surface area contributed by atoms with Crippen LogP contribution in [0, 0.1) is 17.8 Å². The molecular formula is C27H39N3O7.